The minimum Gasteiger partial charge on any atom is -0.497 e. The Bertz CT molecular complexity index is 851. The van der Waals surface area contributed by atoms with Gasteiger partial charge in [-0.15, -0.1) is 0 Å². The maximum Gasteiger partial charge on any atom is 0.124 e. The zero-order chi connectivity index (χ0) is 18.4. The van der Waals surface area contributed by atoms with Crippen LogP contribution in [-0.2, 0) is 13.2 Å². The number of benzene rings is 3. The summed E-state index contributed by atoms with van der Waals surface area (Å²) in [6.45, 7) is 1.00. The third kappa shape index (κ3) is 4.99. The quantitative estimate of drug-likeness (QED) is 0.529. The van der Waals surface area contributed by atoms with Crippen molar-refractivity contribution in [3.63, 3.8) is 0 Å². The number of methoxy groups -OCH3 is 1. The van der Waals surface area contributed by atoms with Crippen LogP contribution in [0, 0.1) is 5.82 Å². The summed E-state index contributed by atoms with van der Waals surface area (Å²) in [6.07, 6.45) is 0. The molecule has 0 saturated carbocycles. The van der Waals surface area contributed by atoms with Crippen molar-refractivity contribution in [2.75, 3.05) is 12.4 Å². The molecule has 0 aliphatic heterocycles. The summed E-state index contributed by atoms with van der Waals surface area (Å²) in [6, 6.07) is 20.0. The molecule has 0 spiro atoms. The van der Waals surface area contributed by atoms with Crippen molar-refractivity contribution >= 4 is 21.6 Å². The summed E-state index contributed by atoms with van der Waals surface area (Å²) in [5.74, 6) is 1.36. The largest absolute Gasteiger partial charge is 0.497 e. The monoisotopic (exact) mass is 415 g/mol. The zero-order valence-corrected chi connectivity index (χ0v) is 15.9. The van der Waals surface area contributed by atoms with E-state index in [1.54, 1.807) is 19.2 Å². The number of halogens is 2. The molecule has 134 valence electrons. The van der Waals surface area contributed by atoms with Gasteiger partial charge in [0.15, 0.2) is 0 Å². The maximum absolute atomic E-state index is 13.0. The number of hydrogen-bond acceptors (Lipinski definition) is 3. The molecule has 0 amide bonds. The number of hydrogen-bond donors (Lipinski definition) is 1. The highest BCUT2D eigenvalue weighted by atomic mass is 79.9. The summed E-state index contributed by atoms with van der Waals surface area (Å²) < 4.78 is 25.1. The van der Waals surface area contributed by atoms with Gasteiger partial charge in [0.05, 0.1) is 7.11 Å². The van der Waals surface area contributed by atoms with Gasteiger partial charge in [0.1, 0.15) is 23.9 Å². The van der Waals surface area contributed by atoms with E-state index in [9.17, 15) is 4.39 Å². The van der Waals surface area contributed by atoms with E-state index in [-0.39, 0.29) is 5.82 Å². The highest BCUT2D eigenvalue weighted by Gasteiger charge is 2.06. The molecule has 0 fully saturated rings. The standard InChI is InChI=1S/C21H19BrFNO2/c1-25-20-9-7-19(8-10-20)24-13-16-12-17(22)4-11-21(16)26-14-15-2-5-18(23)6-3-15/h2-12,24H,13-14H2,1H3. The molecule has 0 aliphatic carbocycles. The molecule has 0 aromatic heterocycles. The van der Waals surface area contributed by atoms with E-state index in [0.717, 1.165) is 32.8 Å². The summed E-state index contributed by atoms with van der Waals surface area (Å²) >= 11 is 3.50. The lowest BCUT2D eigenvalue weighted by Gasteiger charge is -2.14. The Morgan fingerprint density at radius 1 is 0.962 bits per heavy atom. The minimum atomic E-state index is -0.248. The Morgan fingerprint density at radius 3 is 2.38 bits per heavy atom. The van der Waals surface area contributed by atoms with Gasteiger partial charge in [0.25, 0.3) is 0 Å². The molecule has 5 heteroatoms. The first-order valence-corrected chi connectivity index (χ1v) is 8.97. The van der Waals surface area contributed by atoms with Crippen molar-refractivity contribution in [3.8, 4) is 11.5 Å². The molecule has 0 aliphatic rings. The molecule has 0 unspecified atom stereocenters. The van der Waals surface area contributed by atoms with Crippen molar-refractivity contribution in [2.24, 2.45) is 0 Å². The van der Waals surface area contributed by atoms with E-state index in [2.05, 4.69) is 21.2 Å². The smallest absolute Gasteiger partial charge is 0.124 e. The number of nitrogens with one attached hydrogen (secondary N) is 1. The van der Waals surface area contributed by atoms with Crippen LogP contribution in [0.5, 0.6) is 11.5 Å². The van der Waals surface area contributed by atoms with Gasteiger partial charge in [0, 0.05) is 22.3 Å². The second kappa shape index (κ2) is 8.72. The van der Waals surface area contributed by atoms with Crippen LogP contribution < -0.4 is 14.8 Å². The molecular formula is C21H19BrFNO2. The molecule has 3 aromatic carbocycles. The number of anilines is 1. The van der Waals surface area contributed by atoms with Gasteiger partial charge >= 0.3 is 0 Å². The number of ether oxygens (including phenoxy) is 2. The molecule has 0 heterocycles. The molecule has 3 nitrogen and oxygen atoms in total. The van der Waals surface area contributed by atoms with Gasteiger partial charge in [-0.3, -0.25) is 0 Å². The van der Waals surface area contributed by atoms with E-state index >= 15 is 0 Å². The van der Waals surface area contributed by atoms with Gasteiger partial charge in [-0.25, -0.2) is 4.39 Å². The lowest BCUT2D eigenvalue weighted by Crippen LogP contribution is -2.04. The second-order valence-electron chi connectivity index (χ2n) is 5.75. The van der Waals surface area contributed by atoms with Gasteiger partial charge in [-0.05, 0) is 60.2 Å². The van der Waals surface area contributed by atoms with Crippen LogP contribution in [-0.4, -0.2) is 7.11 Å². The fourth-order valence-electron chi connectivity index (χ4n) is 2.47. The maximum atomic E-state index is 13.0. The molecule has 0 bridgehead atoms. The van der Waals surface area contributed by atoms with Crippen LogP contribution in [0.2, 0.25) is 0 Å². The molecule has 1 N–H and O–H groups in total. The van der Waals surface area contributed by atoms with Crippen LogP contribution in [0.1, 0.15) is 11.1 Å². The summed E-state index contributed by atoms with van der Waals surface area (Å²) in [5.41, 5.74) is 2.94. The Labute approximate surface area is 160 Å². The van der Waals surface area contributed by atoms with Crippen molar-refractivity contribution in [3.05, 3.63) is 88.1 Å². The lowest BCUT2D eigenvalue weighted by molar-refractivity contribution is 0.303. The lowest BCUT2D eigenvalue weighted by atomic mass is 10.2. The first kappa shape index (κ1) is 18.3. The molecule has 26 heavy (non-hydrogen) atoms. The highest BCUT2D eigenvalue weighted by molar-refractivity contribution is 9.10. The third-order valence-electron chi connectivity index (χ3n) is 3.90. The molecule has 0 radical (unpaired) electrons. The fourth-order valence-corrected chi connectivity index (χ4v) is 2.88. The molecule has 3 aromatic rings. The number of rotatable bonds is 7. The van der Waals surface area contributed by atoms with E-state index in [0.29, 0.717) is 13.2 Å². The van der Waals surface area contributed by atoms with Crippen molar-refractivity contribution in [2.45, 2.75) is 13.2 Å². The first-order valence-electron chi connectivity index (χ1n) is 8.17. The Balaban J connectivity index is 1.67. The molecular weight excluding hydrogens is 397 g/mol. The SMILES string of the molecule is COc1ccc(NCc2cc(Br)ccc2OCc2ccc(F)cc2)cc1. The van der Waals surface area contributed by atoms with Crippen molar-refractivity contribution in [1.82, 2.24) is 0 Å². The van der Waals surface area contributed by atoms with Crippen LogP contribution in [0.4, 0.5) is 10.1 Å². The zero-order valence-electron chi connectivity index (χ0n) is 14.3. The Hall–Kier alpha value is -2.53. The molecule has 3 rings (SSSR count). The van der Waals surface area contributed by atoms with Gasteiger partial charge in [0.2, 0.25) is 0 Å². The van der Waals surface area contributed by atoms with E-state index in [4.69, 9.17) is 9.47 Å². The minimum absolute atomic E-state index is 0.248. The van der Waals surface area contributed by atoms with Gasteiger partial charge < -0.3 is 14.8 Å². The van der Waals surface area contributed by atoms with Crippen molar-refractivity contribution < 1.29 is 13.9 Å². The van der Waals surface area contributed by atoms with E-state index in [1.807, 2.05) is 42.5 Å². The first-order chi connectivity index (χ1) is 12.6. The van der Waals surface area contributed by atoms with Crippen LogP contribution in [0.3, 0.4) is 0 Å². The summed E-state index contributed by atoms with van der Waals surface area (Å²) in [4.78, 5) is 0. The second-order valence-corrected chi connectivity index (χ2v) is 6.66. The third-order valence-corrected chi connectivity index (χ3v) is 4.40. The molecule has 0 saturated heterocycles. The van der Waals surface area contributed by atoms with Gasteiger partial charge in [-0.2, -0.15) is 0 Å². The Kier molecular flexibility index (Phi) is 6.12. The Morgan fingerprint density at radius 2 is 1.69 bits per heavy atom. The molecule has 0 atom stereocenters. The van der Waals surface area contributed by atoms with E-state index < -0.39 is 0 Å². The predicted molar refractivity (Wildman–Crippen MR) is 105 cm³/mol. The summed E-state index contributed by atoms with van der Waals surface area (Å²) in [5, 5.41) is 3.38. The van der Waals surface area contributed by atoms with Crippen molar-refractivity contribution in [1.29, 1.82) is 0 Å². The van der Waals surface area contributed by atoms with Crippen LogP contribution >= 0.6 is 15.9 Å². The normalized spacial score (nSPS) is 10.4. The topological polar surface area (TPSA) is 30.5 Å². The summed E-state index contributed by atoms with van der Waals surface area (Å²) in [7, 11) is 1.65. The average Bonchev–Trinajstić information content (AvgIpc) is 2.67. The average molecular weight is 416 g/mol. The fraction of sp³-hybridized carbons (Fsp3) is 0.143. The predicted octanol–water partition coefficient (Wildman–Crippen LogP) is 5.79. The van der Waals surface area contributed by atoms with E-state index in [1.165, 1.54) is 12.1 Å². The van der Waals surface area contributed by atoms with Crippen LogP contribution in [0.25, 0.3) is 0 Å². The van der Waals surface area contributed by atoms with Gasteiger partial charge in [-0.1, -0.05) is 28.1 Å². The van der Waals surface area contributed by atoms with Crippen LogP contribution in [0.15, 0.2) is 71.2 Å². The highest BCUT2D eigenvalue weighted by Crippen LogP contribution is 2.25.